The Balaban J connectivity index is 3.04. The molecule has 1 aromatic carbocycles. The first-order valence-electron chi connectivity index (χ1n) is 5.02. The van der Waals surface area contributed by atoms with Gasteiger partial charge < -0.3 is 20.9 Å². The molecule has 18 heavy (non-hydrogen) atoms. The summed E-state index contributed by atoms with van der Waals surface area (Å²) in [7, 11) is 0. The number of ether oxygens (including phenoxy) is 1. The number of nitrogens with one attached hydrogen (secondary N) is 1. The minimum atomic E-state index is -1.10. The third-order valence-electron chi connectivity index (χ3n) is 2.00. The fourth-order valence-electron chi connectivity index (χ4n) is 1.20. The Hall–Kier alpha value is -2.52. The molecule has 6 heteroatoms. The molecule has 94 valence electrons. The van der Waals surface area contributed by atoms with Crippen molar-refractivity contribution in [2.45, 2.75) is 0 Å². The summed E-state index contributed by atoms with van der Waals surface area (Å²) in [6.45, 7) is -0.218. The molecule has 0 aliphatic carbocycles. The molecular weight excluding hydrogens is 236 g/mol. The van der Waals surface area contributed by atoms with Gasteiger partial charge in [-0.15, -0.1) is 6.42 Å². The predicted molar refractivity (Wildman–Crippen MR) is 65.4 cm³/mol. The van der Waals surface area contributed by atoms with Crippen molar-refractivity contribution in [1.29, 1.82) is 0 Å². The van der Waals surface area contributed by atoms with Crippen LogP contribution >= 0.6 is 0 Å². The minimum absolute atomic E-state index is 0.0332. The molecule has 0 aliphatic heterocycles. The van der Waals surface area contributed by atoms with Gasteiger partial charge in [-0.2, -0.15) is 0 Å². The van der Waals surface area contributed by atoms with Crippen LogP contribution in [0.5, 0.6) is 5.75 Å². The van der Waals surface area contributed by atoms with Crippen molar-refractivity contribution >= 4 is 17.6 Å². The Kier molecular flexibility index (Phi) is 4.72. The van der Waals surface area contributed by atoms with E-state index in [9.17, 15) is 9.59 Å². The number of anilines is 1. The lowest BCUT2D eigenvalue weighted by molar-refractivity contribution is -0.114. The Morgan fingerprint density at radius 3 is 2.78 bits per heavy atom. The molecule has 0 saturated carbocycles. The summed E-state index contributed by atoms with van der Waals surface area (Å²) in [6.07, 6.45) is 5.05. The second-order valence-corrected chi connectivity index (χ2v) is 3.26. The van der Waals surface area contributed by atoms with Crippen LogP contribution in [-0.2, 0) is 4.79 Å². The molecule has 6 nitrogen and oxygen atoms in total. The van der Waals surface area contributed by atoms with Crippen LogP contribution in [0, 0.1) is 12.3 Å². The van der Waals surface area contributed by atoms with Crippen molar-refractivity contribution in [3.05, 3.63) is 23.8 Å². The SMILES string of the molecule is C#CCOc1cc(C(=O)O)ccc1NC(=O)CN. The average molecular weight is 248 g/mol. The number of amides is 1. The highest BCUT2D eigenvalue weighted by molar-refractivity contribution is 5.95. The predicted octanol–water partition coefficient (Wildman–Crippen LogP) is 0.294. The Bertz CT molecular complexity index is 505. The van der Waals surface area contributed by atoms with E-state index < -0.39 is 11.9 Å². The van der Waals surface area contributed by atoms with Crippen molar-refractivity contribution in [3.63, 3.8) is 0 Å². The zero-order valence-electron chi connectivity index (χ0n) is 9.47. The van der Waals surface area contributed by atoms with Crippen LogP contribution in [0.15, 0.2) is 18.2 Å². The highest BCUT2D eigenvalue weighted by atomic mass is 16.5. The fraction of sp³-hybridized carbons (Fsp3) is 0.167. The average Bonchev–Trinajstić information content (AvgIpc) is 2.37. The standard InChI is InChI=1S/C12H12N2O4/c1-2-5-18-10-6-8(12(16)17)3-4-9(10)14-11(15)7-13/h1,3-4,6H,5,7,13H2,(H,14,15)(H,16,17). The number of terminal acetylenes is 1. The largest absolute Gasteiger partial charge is 0.479 e. The van der Waals surface area contributed by atoms with Gasteiger partial charge in [-0.05, 0) is 18.2 Å². The number of hydrogen-bond donors (Lipinski definition) is 3. The van der Waals surface area contributed by atoms with E-state index in [0.29, 0.717) is 5.69 Å². The second-order valence-electron chi connectivity index (χ2n) is 3.26. The lowest BCUT2D eigenvalue weighted by Gasteiger charge is -2.11. The molecule has 0 saturated heterocycles. The molecule has 0 bridgehead atoms. The van der Waals surface area contributed by atoms with Crippen LogP contribution in [0.1, 0.15) is 10.4 Å². The first-order valence-corrected chi connectivity index (χ1v) is 5.02. The van der Waals surface area contributed by atoms with Crippen LogP contribution in [0.25, 0.3) is 0 Å². The van der Waals surface area contributed by atoms with E-state index in [1.54, 1.807) is 0 Å². The van der Waals surface area contributed by atoms with Gasteiger partial charge in [-0.25, -0.2) is 4.79 Å². The lowest BCUT2D eigenvalue weighted by Crippen LogP contribution is -2.22. The van der Waals surface area contributed by atoms with Gasteiger partial charge in [0, 0.05) is 0 Å². The summed E-state index contributed by atoms with van der Waals surface area (Å²) in [5.74, 6) is 0.929. The second kappa shape index (κ2) is 6.27. The number of nitrogens with two attached hydrogens (primary N) is 1. The van der Waals surface area contributed by atoms with Crippen molar-refractivity contribution in [3.8, 4) is 18.1 Å². The summed E-state index contributed by atoms with van der Waals surface area (Å²) in [4.78, 5) is 22.0. The van der Waals surface area contributed by atoms with E-state index in [-0.39, 0.29) is 24.5 Å². The van der Waals surface area contributed by atoms with E-state index in [2.05, 4.69) is 11.2 Å². The monoisotopic (exact) mass is 248 g/mol. The van der Waals surface area contributed by atoms with Crippen LogP contribution in [-0.4, -0.2) is 30.1 Å². The maximum Gasteiger partial charge on any atom is 0.335 e. The maximum atomic E-state index is 11.2. The zero-order valence-corrected chi connectivity index (χ0v) is 9.47. The topological polar surface area (TPSA) is 102 Å². The number of carbonyl (C=O) groups is 2. The molecule has 0 atom stereocenters. The van der Waals surface area contributed by atoms with Gasteiger partial charge in [-0.1, -0.05) is 5.92 Å². The number of hydrogen-bond acceptors (Lipinski definition) is 4. The summed E-state index contributed by atoms with van der Waals surface area (Å²) in [6, 6.07) is 4.05. The summed E-state index contributed by atoms with van der Waals surface area (Å²) in [5.41, 5.74) is 5.53. The number of benzene rings is 1. The van der Waals surface area contributed by atoms with E-state index >= 15 is 0 Å². The van der Waals surface area contributed by atoms with Gasteiger partial charge in [0.1, 0.15) is 12.4 Å². The molecular formula is C12H12N2O4. The van der Waals surface area contributed by atoms with Gasteiger partial charge in [0.05, 0.1) is 17.8 Å². The van der Waals surface area contributed by atoms with E-state index in [4.69, 9.17) is 22.0 Å². The molecule has 4 N–H and O–H groups in total. The molecule has 0 radical (unpaired) electrons. The third kappa shape index (κ3) is 3.50. The quantitative estimate of drug-likeness (QED) is 0.650. The number of carboxylic acid groups (broad SMARTS) is 1. The highest BCUT2D eigenvalue weighted by Gasteiger charge is 2.11. The van der Waals surface area contributed by atoms with Crippen molar-refractivity contribution in [1.82, 2.24) is 0 Å². The highest BCUT2D eigenvalue weighted by Crippen LogP contribution is 2.26. The summed E-state index contributed by atoms with van der Waals surface area (Å²) in [5, 5.41) is 11.3. The number of carbonyl (C=O) groups excluding carboxylic acids is 1. The van der Waals surface area contributed by atoms with Crippen LogP contribution in [0.4, 0.5) is 5.69 Å². The Morgan fingerprint density at radius 2 is 2.22 bits per heavy atom. The van der Waals surface area contributed by atoms with Crippen LogP contribution in [0.2, 0.25) is 0 Å². The first kappa shape index (κ1) is 13.5. The smallest absolute Gasteiger partial charge is 0.335 e. The Labute approximate surface area is 104 Å². The molecule has 0 aromatic heterocycles. The van der Waals surface area contributed by atoms with Gasteiger partial charge >= 0.3 is 5.97 Å². The number of rotatable bonds is 5. The van der Waals surface area contributed by atoms with Gasteiger partial charge in [0.2, 0.25) is 5.91 Å². The van der Waals surface area contributed by atoms with Gasteiger partial charge in [-0.3, -0.25) is 4.79 Å². The first-order chi connectivity index (χ1) is 8.58. The van der Waals surface area contributed by atoms with Gasteiger partial charge in [0.25, 0.3) is 0 Å². The molecule has 0 heterocycles. The molecule has 0 aliphatic rings. The molecule has 0 fully saturated rings. The van der Waals surface area contributed by atoms with E-state index in [0.717, 1.165) is 0 Å². The zero-order chi connectivity index (χ0) is 13.5. The number of aromatic carboxylic acids is 1. The molecule has 1 aromatic rings. The maximum absolute atomic E-state index is 11.2. The van der Waals surface area contributed by atoms with Crippen molar-refractivity contribution < 1.29 is 19.4 Å². The molecule has 1 rings (SSSR count). The fourth-order valence-corrected chi connectivity index (χ4v) is 1.20. The normalized spacial score (nSPS) is 9.33. The number of carboxylic acids is 1. The van der Waals surface area contributed by atoms with E-state index in [1.165, 1.54) is 18.2 Å². The Morgan fingerprint density at radius 1 is 1.50 bits per heavy atom. The molecule has 0 unspecified atom stereocenters. The van der Waals surface area contributed by atoms with Crippen molar-refractivity contribution in [2.24, 2.45) is 5.73 Å². The van der Waals surface area contributed by atoms with Crippen LogP contribution in [0.3, 0.4) is 0 Å². The van der Waals surface area contributed by atoms with Crippen molar-refractivity contribution in [2.75, 3.05) is 18.5 Å². The summed E-state index contributed by atoms with van der Waals surface area (Å²) >= 11 is 0. The van der Waals surface area contributed by atoms with E-state index in [1.807, 2.05) is 0 Å². The minimum Gasteiger partial charge on any atom is -0.479 e. The third-order valence-corrected chi connectivity index (χ3v) is 2.00. The van der Waals surface area contributed by atoms with Crippen LogP contribution < -0.4 is 15.8 Å². The summed E-state index contributed by atoms with van der Waals surface area (Å²) < 4.78 is 5.17. The van der Waals surface area contributed by atoms with Gasteiger partial charge in [0.15, 0.2) is 0 Å². The molecule has 0 spiro atoms. The molecule has 1 amide bonds. The lowest BCUT2D eigenvalue weighted by atomic mass is 10.2.